The van der Waals surface area contributed by atoms with Crippen LogP contribution in [0.5, 0.6) is 0 Å². The topological polar surface area (TPSA) is 145 Å². The predicted octanol–water partition coefficient (Wildman–Crippen LogP) is 5.70. The molecule has 2 amide bonds. The number of halogens is 2. The molecule has 4 heterocycles. The Balaban J connectivity index is 1.00. The summed E-state index contributed by atoms with van der Waals surface area (Å²) < 4.78 is 31.0. The van der Waals surface area contributed by atoms with Crippen LogP contribution < -0.4 is 15.1 Å². The average molecular weight is 741 g/mol. The highest BCUT2D eigenvalue weighted by Crippen LogP contribution is 2.58. The van der Waals surface area contributed by atoms with Crippen LogP contribution >= 0.6 is 0 Å². The third kappa shape index (κ3) is 5.69. The van der Waals surface area contributed by atoms with E-state index in [1.54, 1.807) is 24.5 Å². The van der Waals surface area contributed by atoms with Crippen LogP contribution in [0.15, 0.2) is 42.9 Å². The van der Waals surface area contributed by atoms with E-state index < -0.39 is 34.6 Å². The number of nitrogens with one attached hydrogen (secondary N) is 1. The summed E-state index contributed by atoms with van der Waals surface area (Å²) in [5, 5.41) is 13.4. The summed E-state index contributed by atoms with van der Waals surface area (Å²) in [6.45, 7) is 3.47. The van der Waals surface area contributed by atoms with Crippen molar-refractivity contribution < 1.29 is 28.3 Å². The molecule has 14 heteroatoms. The summed E-state index contributed by atoms with van der Waals surface area (Å²) in [5.41, 5.74) is -0.612. The fraction of sp³-hybridized carbons (Fsp3) is 0.575. The lowest BCUT2D eigenvalue weighted by Gasteiger charge is -2.59. The third-order valence-corrected chi connectivity index (χ3v) is 13.6. The lowest BCUT2D eigenvalue weighted by Crippen LogP contribution is -2.70. The van der Waals surface area contributed by atoms with E-state index in [4.69, 9.17) is 0 Å². The van der Waals surface area contributed by atoms with Crippen molar-refractivity contribution in [3.63, 3.8) is 0 Å². The SMILES string of the molecule is CC(F)(F)c1nc(N2CC3(CCCCC3)c3cc(C(=O)N4CCN(c5ncccn5)CC4)ccc32)ncc1C(=O)NC1(C(=O)O)C2CC3CC(C2)CC1C3. The maximum absolute atomic E-state index is 15.5. The van der Waals surface area contributed by atoms with E-state index in [0.717, 1.165) is 81.7 Å². The Kier molecular flexibility index (Phi) is 8.38. The average Bonchev–Trinajstić information content (AvgIpc) is 3.48. The number of amides is 2. The number of nitrogens with zero attached hydrogens (tertiary/aromatic N) is 7. The van der Waals surface area contributed by atoms with E-state index >= 15 is 8.78 Å². The summed E-state index contributed by atoms with van der Waals surface area (Å²) in [5.74, 6) is -4.42. The van der Waals surface area contributed by atoms with Crippen molar-refractivity contribution >= 4 is 35.4 Å². The molecule has 2 aromatic heterocycles. The second-order valence-corrected chi connectivity index (χ2v) is 16.7. The lowest BCUT2D eigenvalue weighted by atomic mass is 9.48. The summed E-state index contributed by atoms with van der Waals surface area (Å²) in [6, 6.07) is 7.41. The lowest BCUT2D eigenvalue weighted by molar-refractivity contribution is -0.163. The van der Waals surface area contributed by atoms with Crippen molar-refractivity contribution in [2.45, 2.75) is 88.0 Å². The zero-order valence-electron chi connectivity index (χ0n) is 30.5. The van der Waals surface area contributed by atoms with Gasteiger partial charge < -0.3 is 25.1 Å². The first-order chi connectivity index (χ1) is 25.9. The minimum Gasteiger partial charge on any atom is -0.479 e. The predicted molar refractivity (Wildman–Crippen MR) is 195 cm³/mol. The van der Waals surface area contributed by atoms with Gasteiger partial charge in [0.2, 0.25) is 11.9 Å². The van der Waals surface area contributed by atoms with Gasteiger partial charge in [0.15, 0.2) is 0 Å². The van der Waals surface area contributed by atoms with Crippen LogP contribution in [0.4, 0.5) is 26.4 Å². The first-order valence-electron chi connectivity index (χ1n) is 19.5. The van der Waals surface area contributed by atoms with Crippen molar-refractivity contribution in [3.05, 3.63) is 65.2 Å². The number of hydrogen-bond acceptors (Lipinski definition) is 9. The van der Waals surface area contributed by atoms with Gasteiger partial charge in [-0.15, -0.1) is 0 Å². The molecule has 284 valence electrons. The van der Waals surface area contributed by atoms with E-state index in [0.29, 0.717) is 63.0 Å². The fourth-order valence-electron chi connectivity index (χ4n) is 11.2. The molecule has 2 N–H and O–H groups in total. The number of aromatic nitrogens is 4. The molecular weight excluding hydrogens is 694 g/mol. The van der Waals surface area contributed by atoms with Crippen LogP contribution in [0.1, 0.15) is 103 Å². The summed E-state index contributed by atoms with van der Waals surface area (Å²) >= 11 is 0. The number of hydrogen-bond donors (Lipinski definition) is 2. The van der Waals surface area contributed by atoms with E-state index in [1.165, 1.54) is 0 Å². The second kappa shape index (κ2) is 12.9. The first-order valence-corrected chi connectivity index (χ1v) is 19.5. The molecule has 1 spiro atoms. The van der Waals surface area contributed by atoms with Gasteiger partial charge in [-0.1, -0.05) is 19.3 Å². The number of carbonyl (C=O) groups excluding carboxylic acids is 2. The number of carbonyl (C=O) groups is 3. The van der Waals surface area contributed by atoms with Crippen LogP contribution in [0.3, 0.4) is 0 Å². The largest absolute Gasteiger partial charge is 0.479 e. The maximum atomic E-state index is 15.5. The normalized spacial score (nSPS) is 28.3. The van der Waals surface area contributed by atoms with E-state index in [-0.39, 0.29) is 29.1 Å². The Morgan fingerprint density at radius 2 is 1.56 bits per heavy atom. The highest BCUT2D eigenvalue weighted by Gasteiger charge is 2.62. The van der Waals surface area contributed by atoms with Gasteiger partial charge >= 0.3 is 5.97 Å². The van der Waals surface area contributed by atoms with Gasteiger partial charge in [-0.25, -0.2) is 24.7 Å². The number of benzene rings is 1. The molecule has 0 radical (unpaired) electrons. The Labute approximate surface area is 312 Å². The van der Waals surface area contributed by atoms with Gasteiger partial charge in [0.25, 0.3) is 17.7 Å². The minimum atomic E-state index is -3.51. The fourth-order valence-corrected chi connectivity index (χ4v) is 11.2. The highest BCUT2D eigenvalue weighted by atomic mass is 19.3. The summed E-state index contributed by atoms with van der Waals surface area (Å²) in [6.07, 6.45) is 13.4. The van der Waals surface area contributed by atoms with Crippen LogP contribution in [0, 0.1) is 23.7 Å². The van der Waals surface area contributed by atoms with E-state index in [1.807, 2.05) is 21.9 Å². The van der Waals surface area contributed by atoms with Crippen molar-refractivity contribution in [1.82, 2.24) is 30.2 Å². The second-order valence-electron chi connectivity index (χ2n) is 16.7. The molecule has 1 saturated heterocycles. The van der Waals surface area contributed by atoms with E-state index in [2.05, 4.69) is 30.2 Å². The first kappa shape index (κ1) is 35.0. The number of fused-ring (bicyclic) bond motifs is 2. The van der Waals surface area contributed by atoms with Gasteiger partial charge in [-0.2, -0.15) is 8.78 Å². The number of carboxylic acids is 1. The van der Waals surface area contributed by atoms with Crippen molar-refractivity contribution in [1.29, 1.82) is 0 Å². The molecule has 0 unspecified atom stereocenters. The molecule has 54 heavy (non-hydrogen) atoms. The monoisotopic (exact) mass is 740 g/mol. The van der Waals surface area contributed by atoms with Crippen molar-refractivity contribution in [2.75, 3.05) is 42.5 Å². The molecule has 5 saturated carbocycles. The number of aliphatic carboxylic acids is 1. The Hall–Kier alpha value is -4.75. The molecule has 5 aliphatic carbocycles. The van der Waals surface area contributed by atoms with Gasteiger partial charge in [-0.05, 0) is 98.4 Å². The summed E-state index contributed by atoms with van der Waals surface area (Å²) in [7, 11) is 0. The molecule has 6 fully saturated rings. The minimum absolute atomic E-state index is 0.0488. The smallest absolute Gasteiger partial charge is 0.330 e. The summed E-state index contributed by atoms with van der Waals surface area (Å²) in [4.78, 5) is 64.2. The van der Waals surface area contributed by atoms with Crippen molar-refractivity contribution in [2.24, 2.45) is 23.7 Å². The number of piperazine rings is 1. The molecule has 0 atom stereocenters. The Morgan fingerprint density at radius 3 is 2.19 bits per heavy atom. The highest BCUT2D eigenvalue weighted by molar-refractivity contribution is 5.99. The maximum Gasteiger partial charge on any atom is 0.330 e. The zero-order chi connectivity index (χ0) is 37.4. The Morgan fingerprint density at radius 1 is 0.889 bits per heavy atom. The molecule has 12 nitrogen and oxygen atoms in total. The van der Waals surface area contributed by atoms with Gasteiger partial charge in [0, 0.05) is 74.9 Å². The number of carboxylic acid groups (broad SMARTS) is 1. The van der Waals surface area contributed by atoms with Gasteiger partial charge in [-0.3, -0.25) is 9.59 Å². The molecule has 2 aliphatic heterocycles. The standard InChI is InChI=1S/C40H46F2N8O4/c1-38(41,42)32-29(33(51)47-40(35(53)54)27-17-24-16-25(19-27)20-28(40)18-24)22-45-37(46-32)50-23-39(8-3-2-4-9-39)30-21-26(6-7-31(30)50)34(52)48-12-14-49(15-13-48)36-43-10-5-11-44-36/h5-7,10-11,21-22,24-25,27-28H,2-4,8-9,12-20,23H2,1H3,(H,47,51)(H,53,54). The molecule has 3 aromatic rings. The molecule has 10 rings (SSSR count). The van der Waals surface area contributed by atoms with Crippen LogP contribution in [0.25, 0.3) is 0 Å². The zero-order valence-corrected chi connectivity index (χ0v) is 30.5. The van der Waals surface area contributed by atoms with Crippen LogP contribution in [-0.2, 0) is 16.1 Å². The molecule has 4 bridgehead atoms. The van der Waals surface area contributed by atoms with E-state index in [9.17, 15) is 19.5 Å². The quantitative estimate of drug-likeness (QED) is 0.310. The third-order valence-electron chi connectivity index (χ3n) is 13.6. The molecule has 1 aromatic carbocycles. The van der Waals surface area contributed by atoms with Crippen molar-refractivity contribution in [3.8, 4) is 0 Å². The number of anilines is 3. The number of alkyl halides is 2. The van der Waals surface area contributed by atoms with Crippen LogP contribution in [-0.4, -0.2) is 86.0 Å². The Bertz CT molecular complexity index is 1950. The number of rotatable bonds is 7. The van der Waals surface area contributed by atoms with Gasteiger partial charge in [0.1, 0.15) is 11.2 Å². The molecular formula is C40H46F2N8O4. The molecule has 7 aliphatic rings. The van der Waals surface area contributed by atoms with Gasteiger partial charge in [0.05, 0.1) is 5.56 Å². The van der Waals surface area contributed by atoms with Crippen LogP contribution in [0.2, 0.25) is 0 Å².